The normalized spacial score (nSPS) is 22.9. The second kappa shape index (κ2) is 4.21. The standard InChI is InChI=1S/C9H12ClN3O/c10-9-11-3-1-7(12-9)5-13-4-2-8(14)6-13/h1,3,8,14H,2,4-6H2. The molecule has 1 aliphatic heterocycles. The molecule has 0 saturated carbocycles. The molecule has 1 saturated heterocycles. The topological polar surface area (TPSA) is 49.2 Å². The average Bonchev–Trinajstić information content (AvgIpc) is 2.51. The molecule has 0 aromatic carbocycles. The van der Waals surface area contributed by atoms with Gasteiger partial charge in [0.2, 0.25) is 5.28 Å². The molecule has 1 atom stereocenters. The third-order valence-electron chi connectivity index (χ3n) is 2.32. The fraction of sp³-hybridized carbons (Fsp3) is 0.556. The molecule has 1 N–H and O–H groups in total. The van der Waals surface area contributed by atoms with E-state index in [-0.39, 0.29) is 11.4 Å². The number of aliphatic hydroxyl groups is 1. The molecule has 0 aliphatic carbocycles. The monoisotopic (exact) mass is 213 g/mol. The number of aromatic nitrogens is 2. The predicted octanol–water partition coefficient (Wildman–Crippen LogP) is 0.697. The van der Waals surface area contributed by atoms with Crippen LogP contribution in [0.5, 0.6) is 0 Å². The van der Waals surface area contributed by atoms with Crippen molar-refractivity contribution in [1.29, 1.82) is 0 Å². The minimum absolute atomic E-state index is 0.188. The van der Waals surface area contributed by atoms with Crippen LogP contribution < -0.4 is 0 Å². The zero-order valence-corrected chi connectivity index (χ0v) is 8.48. The fourth-order valence-corrected chi connectivity index (χ4v) is 1.81. The first kappa shape index (κ1) is 9.83. The third-order valence-corrected chi connectivity index (χ3v) is 2.50. The molecular weight excluding hydrogens is 202 g/mol. The number of aliphatic hydroxyl groups excluding tert-OH is 1. The Morgan fingerprint density at radius 1 is 1.64 bits per heavy atom. The highest BCUT2D eigenvalue weighted by Crippen LogP contribution is 2.12. The minimum atomic E-state index is -0.188. The summed E-state index contributed by atoms with van der Waals surface area (Å²) >= 11 is 5.67. The van der Waals surface area contributed by atoms with Crippen molar-refractivity contribution in [2.75, 3.05) is 13.1 Å². The lowest BCUT2D eigenvalue weighted by molar-refractivity contribution is 0.174. The molecule has 0 bridgehead atoms. The summed E-state index contributed by atoms with van der Waals surface area (Å²) in [6.45, 7) is 2.38. The molecule has 14 heavy (non-hydrogen) atoms. The number of likely N-dealkylation sites (tertiary alicyclic amines) is 1. The van der Waals surface area contributed by atoms with Crippen LogP contribution in [0.4, 0.5) is 0 Å². The molecule has 5 heteroatoms. The highest BCUT2D eigenvalue weighted by molar-refractivity contribution is 6.28. The Bertz CT molecular complexity index is 321. The first-order valence-electron chi connectivity index (χ1n) is 4.62. The molecule has 1 aromatic rings. The maximum atomic E-state index is 9.33. The number of β-amino-alcohol motifs (C(OH)–C–C–N with tert-alkyl or cyclic N) is 1. The zero-order chi connectivity index (χ0) is 9.97. The predicted molar refractivity (Wildman–Crippen MR) is 52.9 cm³/mol. The van der Waals surface area contributed by atoms with Gasteiger partial charge >= 0.3 is 0 Å². The van der Waals surface area contributed by atoms with Gasteiger partial charge in [-0.15, -0.1) is 0 Å². The van der Waals surface area contributed by atoms with E-state index in [9.17, 15) is 5.11 Å². The van der Waals surface area contributed by atoms with E-state index >= 15 is 0 Å². The van der Waals surface area contributed by atoms with E-state index in [2.05, 4.69) is 14.9 Å². The number of hydrogen-bond donors (Lipinski definition) is 1. The van der Waals surface area contributed by atoms with Crippen LogP contribution in [0.2, 0.25) is 5.28 Å². The molecule has 2 rings (SSSR count). The van der Waals surface area contributed by atoms with Gasteiger partial charge in [-0.25, -0.2) is 9.97 Å². The number of hydrogen-bond acceptors (Lipinski definition) is 4. The lowest BCUT2D eigenvalue weighted by atomic mass is 10.3. The van der Waals surface area contributed by atoms with Gasteiger partial charge in [-0.2, -0.15) is 0 Å². The van der Waals surface area contributed by atoms with Crippen LogP contribution in [0, 0.1) is 0 Å². The van der Waals surface area contributed by atoms with Crippen molar-refractivity contribution in [3.63, 3.8) is 0 Å². The van der Waals surface area contributed by atoms with Crippen molar-refractivity contribution in [2.45, 2.75) is 19.1 Å². The average molecular weight is 214 g/mol. The van der Waals surface area contributed by atoms with Gasteiger partial charge < -0.3 is 5.11 Å². The minimum Gasteiger partial charge on any atom is -0.392 e. The summed E-state index contributed by atoms with van der Waals surface area (Å²) in [6.07, 6.45) is 2.31. The van der Waals surface area contributed by atoms with E-state index in [1.165, 1.54) is 0 Å². The highest BCUT2D eigenvalue weighted by Gasteiger charge is 2.20. The highest BCUT2D eigenvalue weighted by atomic mass is 35.5. The van der Waals surface area contributed by atoms with Gasteiger partial charge in [-0.05, 0) is 24.1 Å². The van der Waals surface area contributed by atoms with Crippen LogP contribution >= 0.6 is 11.6 Å². The van der Waals surface area contributed by atoms with Gasteiger partial charge in [0.1, 0.15) is 0 Å². The zero-order valence-electron chi connectivity index (χ0n) is 7.73. The summed E-state index contributed by atoms with van der Waals surface area (Å²) in [4.78, 5) is 10.1. The van der Waals surface area contributed by atoms with Crippen LogP contribution in [0.15, 0.2) is 12.3 Å². The second-order valence-electron chi connectivity index (χ2n) is 3.49. The van der Waals surface area contributed by atoms with Gasteiger partial charge in [-0.1, -0.05) is 0 Å². The van der Waals surface area contributed by atoms with Crippen molar-refractivity contribution in [3.8, 4) is 0 Å². The maximum Gasteiger partial charge on any atom is 0.222 e. The second-order valence-corrected chi connectivity index (χ2v) is 3.83. The Morgan fingerprint density at radius 3 is 3.14 bits per heavy atom. The van der Waals surface area contributed by atoms with Gasteiger partial charge in [0.05, 0.1) is 11.8 Å². The summed E-state index contributed by atoms with van der Waals surface area (Å²) in [5.74, 6) is 0. The van der Waals surface area contributed by atoms with Crippen molar-refractivity contribution < 1.29 is 5.11 Å². The number of rotatable bonds is 2. The lowest BCUT2D eigenvalue weighted by Crippen LogP contribution is -2.22. The van der Waals surface area contributed by atoms with Crippen molar-refractivity contribution in [3.05, 3.63) is 23.2 Å². The fourth-order valence-electron chi connectivity index (χ4n) is 1.64. The maximum absolute atomic E-state index is 9.33. The van der Waals surface area contributed by atoms with Gasteiger partial charge in [0.25, 0.3) is 0 Å². The lowest BCUT2D eigenvalue weighted by Gasteiger charge is -2.13. The molecule has 0 spiro atoms. The summed E-state index contributed by atoms with van der Waals surface area (Å²) in [5.41, 5.74) is 0.902. The Kier molecular flexibility index (Phi) is 2.96. The molecule has 0 radical (unpaired) electrons. The molecule has 76 valence electrons. The Labute approximate surface area is 87.5 Å². The van der Waals surface area contributed by atoms with Crippen LogP contribution in [0.1, 0.15) is 12.1 Å². The summed E-state index contributed by atoms with van der Waals surface area (Å²) in [7, 11) is 0. The molecule has 4 nitrogen and oxygen atoms in total. The van der Waals surface area contributed by atoms with Crippen molar-refractivity contribution >= 4 is 11.6 Å². The van der Waals surface area contributed by atoms with Crippen molar-refractivity contribution in [2.24, 2.45) is 0 Å². The smallest absolute Gasteiger partial charge is 0.222 e. The van der Waals surface area contributed by atoms with Crippen LogP contribution in [0.3, 0.4) is 0 Å². The molecule has 1 aromatic heterocycles. The first-order chi connectivity index (χ1) is 6.74. The van der Waals surface area contributed by atoms with E-state index in [0.717, 1.165) is 31.7 Å². The first-order valence-corrected chi connectivity index (χ1v) is 4.99. The number of nitrogens with zero attached hydrogens (tertiary/aromatic N) is 3. The quantitative estimate of drug-likeness (QED) is 0.735. The van der Waals surface area contributed by atoms with Gasteiger partial charge in [0.15, 0.2) is 0 Å². The Balaban J connectivity index is 1.97. The molecule has 0 amide bonds. The summed E-state index contributed by atoms with van der Waals surface area (Å²) < 4.78 is 0. The van der Waals surface area contributed by atoms with Crippen LogP contribution in [0.25, 0.3) is 0 Å². The molecular formula is C9H12ClN3O. The Hall–Kier alpha value is -0.710. The van der Waals surface area contributed by atoms with Gasteiger partial charge in [-0.3, -0.25) is 4.90 Å². The molecule has 1 aliphatic rings. The van der Waals surface area contributed by atoms with E-state index in [4.69, 9.17) is 11.6 Å². The molecule has 1 fully saturated rings. The third kappa shape index (κ3) is 2.41. The van der Waals surface area contributed by atoms with Gasteiger partial charge in [0, 0.05) is 25.8 Å². The summed E-state index contributed by atoms with van der Waals surface area (Å²) in [5, 5.41) is 9.61. The molecule has 1 unspecified atom stereocenters. The molecule has 2 heterocycles. The van der Waals surface area contributed by atoms with Crippen LogP contribution in [-0.4, -0.2) is 39.2 Å². The number of halogens is 1. The van der Waals surface area contributed by atoms with E-state index < -0.39 is 0 Å². The van der Waals surface area contributed by atoms with E-state index in [0.29, 0.717) is 0 Å². The Morgan fingerprint density at radius 2 is 2.50 bits per heavy atom. The van der Waals surface area contributed by atoms with Crippen LogP contribution in [-0.2, 0) is 6.54 Å². The van der Waals surface area contributed by atoms with E-state index in [1.807, 2.05) is 6.07 Å². The van der Waals surface area contributed by atoms with E-state index in [1.54, 1.807) is 6.20 Å². The summed E-state index contributed by atoms with van der Waals surface area (Å²) in [6, 6.07) is 1.84. The van der Waals surface area contributed by atoms with Crippen molar-refractivity contribution in [1.82, 2.24) is 14.9 Å². The SMILES string of the molecule is OC1CCN(Cc2ccnc(Cl)n2)C1. The largest absolute Gasteiger partial charge is 0.392 e.